The van der Waals surface area contributed by atoms with E-state index in [1.54, 1.807) is 4.90 Å². The van der Waals surface area contributed by atoms with Crippen LogP contribution in [0, 0.1) is 0 Å². The van der Waals surface area contributed by atoms with Crippen LogP contribution in [0.25, 0.3) is 0 Å². The number of nitrogens with zero attached hydrogens (tertiary/aromatic N) is 1. The molecule has 0 saturated carbocycles. The van der Waals surface area contributed by atoms with Gasteiger partial charge in [0.15, 0.2) is 0 Å². The van der Waals surface area contributed by atoms with E-state index in [0.717, 1.165) is 12.5 Å². The first-order valence-corrected chi connectivity index (χ1v) is 8.72. The van der Waals surface area contributed by atoms with Crippen molar-refractivity contribution in [3.63, 3.8) is 0 Å². The molecule has 0 aliphatic heterocycles. The summed E-state index contributed by atoms with van der Waals surface area (Å²) in [6.45, 7) is 6.23. The summed E-state index contributed by atoms with van der Waals surface area (Å²) in [4.78, 5) is 13.9. The average Bonchev–Trinajstić information content (AvgIpc) is 2.33. The fraction of sp³-hybridized carbons (Fsp3) is 0.462. The number of hydrogen-bond donors (Lipinski definition) is 1. The molecule has 0 radical (unpaired) electrons. The van der Waals surface area contributed by atoms with E-state index in [2.05, 4.69) is 0 Å². The molecule has 2 N–H and O–H groups in total. The van der Waals surface area contributed by atoms with Gasteiger partial charge in [-0.25, -0.2) is 13.6 Å². The summed E-state index contributed by atoms with van der Waals surface area (Å²) in [6.07, 6.45) is 0.775. The summed E-state index contributed by atoms with van der Waals surface area (Å²) >= 11 is 11.9. The second-order valence-corrected chi connectivity index (χ2v) is 7.24. The van der Waals surface area contributed by atoms with Crippen molar-refractivity contribution < 1.29 is 13.2 Å². The number of nitrogens with two attached hydrogens (primary N) is 1. The van der Waals surface area contributed by atoms with Crippen molar-refractivity contribution in [3.8, 4) is 0 Å². The van der Waals surface area contributed by atoms with Crippen molar-refractivity contribution in [2.75, 3.05) is 6.54 Å². The van der Waals surface area contributed by atoms with E-state index in [1.165, 1.54) is 6.07 Å². The number of carbonyl (C=O) groups is 1. The SMILES string of the molecule is CCCN(C(=O)c1cc(S(N)(=O)=O)c(Cl)cc1Cl)C(C)C. The molecule has 0 spiro atoms. The molecule has 21 heavy (non-hydrogen) atoms. The van der Waals surface area contributed by atoms with Crippen molar-refractivity contribution >= 4 is 39.1 Å². The van der Waals surface area contributed by atoms with Crippen LogP contribution in [0.4, 0.5) is 0 Å². The Morgan fingerprint density at radius 1 is 1.29 bits per heavy atom. The predicted octanol–water partition coefficient (Wildman–Crippen LogP) is 2.90. The Morgan fingerprint density at radius 3 is 2.29 bits per heavy atom. The molecule has 5 nitrogen and oxygen atoms in total. The van der Waals surface area contributed by atoms with E-state index in [9.17, 15) is 13.2 Å². The lowest BCUT2D eigenvalue weighted by Crippen LogP contribution is -2.37. The minimum atomic E-state index is -4.03. The lowest BCUT2D eigenvalue weighted by Gasteiger charge is -2.27. The highest BCUT2D eigenvalue weighted by Crippen LogP contribution is 2.29. The smallest absolute Gasteiger partial charge is 0.255 e. The van der Waals surface area contributed by atoms with Crippen LogP contribution in [0.3, 0.4) is 0 Å². The zero-order chi connectivity index (χ0) is 16.4. The van der Waals surface area contributed by atoms with Gasteiger partial charge in [0.1, 0.15) is 4.90 Å². The van der Waals surface area contributed by atoms with Crippen LogP contribution in [-0.4, -0.2) is 31.8 Å². The van der Waals surface area contributed by atoms with E-state index in [-0.39, 0.29) is 32.5 Å². The van der Waals surface area contributed by atoms with Crippen LogP contribution in [-0.2, 0) is 10.0 Å². The summed E-state index contributed by atoms with van der Waals surface area (Å²) < 4.78 is 23.0. The van der Waals surface area contributed by atoms with Crippen molar-refractivity contribution in [1.82, 2.24) is 4.90 Å². The number of hydrogen-bond acceptors (Lipinski definition) is 3. The first-order chi connectivity index (χ1) is 9.59. The Labute approximate surface area is 135 Å². The second-order valence-electron chi connectivity index (χ2n) is 4.90. The van der Waals surface area contributed by atoms with Crippen molar-refractivity contribution in [2.24, 2.45) is 5.14 Å². The molecule has 0 aliphatic rings. The highest BCUT2D eigenvalue weighted by atomic mass is 35.5. The topological polar surface area (TPSA) is 80.5 Å². The summed E-state index contributed by atoms with van der Waals surface area (Å²) in [7, 11) is -4.03. The molecular formula is C13H18Cl2N2O3S. The minimum Gasteiger partial charge on any atom is -0.336 e. The standard InChI is InChI=1S/C13H18Cl2N2O3S/c1-4-5-17(8(2)3)13(18)9-6-12(21(16,19)20)11(15)7-10(9)14/h6-8H,4-5H2,1-3H3,(H2,16,19,20). The van der Waals surface area contributed by atoms with Crippen LogP contribution in [0.5, 0.6) is 0 Å². The molecule has 1 rings (SSSR count). The molecule has 8 heteroatoms. The maximum atomic E-state index is 12.6. The molecule has 0 saturated heterocycles. The van der Waals surface area contributed by atoms with Gasteiger partial charge in [0.2, 0.25) is 10.0 Å². The summed E-state index contributed by atoms with van der Waals surface area (Å²) in [6, 6.07) is 2.32. The van der Waals surface area contributed by atoms with E-state index in [4.69, 9.17) is 28.3 Å². The third-order valence-corrected chi connectivity index (χ3v) is 4.60. The molecule has 0 heterocycles. The lowest BCUT2D eigenvalue weighted by molar-refractivity contribution is 0.0706. The van der Waals surface area contributed by atoms with Gasteiger partial charge < -0.3 is 4.90 Å². The number of benzene rings is 1. The Morgan fingerprint density at radius 2 is 1.86 bits per heavy atom. The molecular weight excluding hydrogens is 335 g/mol. The lowest BCUT2D eigenvalue weighted by atomic mass is 10.1. The fourth-order valence-corrected chi connectivity index (χ4v) is 3.30. The Bertz CT molecular complexity index is 645. The maximum Gasteiger partial charge on any atom is 0.255 e. The zero-order valence-electron chi connectivity index (χ0n) is 12.1. The van der Waals surface area contributed by atoms with E-state index in [0.29, 0.717) is 6.54 Å². The van der Waals surface area contributed by atoms with Gasteiger partial charge in [-0.3, -0.25) is 4.79 Å². The third kappa shape index (κ3) is 4.32. The third-order valence-electron chi connectivity index (χ3n) is 2.91. The van der Waals surface area contributed by atoms with Gasteiger partial charge in [0.05, 0.1) is 15.6 Å². The Kier molecular flexibility index (Phi) is 6.04. The fourth-order valence-electron chi connectivity index (χ4n) is 1.90. The second kappa shape index (κ2) is 6.96. The molecule has 0 fully saturated rings. The Balaban J connectivity index is 3.39. The predicted molar refractivity (Wildman–Crippen MR) is 84.3 cm³/mol. The largest absolute Gasteiger partial charge is 0.336 e. The molecule has 0 atom stereocenters. The van der Waals surface area contributed by atoms with Gasteiger partial charge in [-0.15, -0.1) is 0 Å². The van der Waals surface area contributed by atoms with Gasteiger partial charge in [-0.2, -0.15) is 0 Å². The van der Waals surface area contributed by atoms with E-state index < -0.39 is 10.0 Å². The molecule has 1 aromatic rings. The number of halogens is 2. The maximum absolute atomic E-state index is 12.6. The van der Waals surface area contributed by atoms with Crippen LogP contribution < -0.4 is 5.14 Å². The molecule has 0 aromatic heterocycles. The van der Waals surface area contributed by atoms with Crippen LogP contribution in [0.15, 0.2) is 17.0 Å². The van der Waals surface area contributed by atoms with Crippen LogP contribution >= 0.6 is 23.2 Å². The summed E-state index contributed by atoms with van der Waals surface area (Å²) in [5, 5.41) is 5.08. The van der Waals surface area contributed by atoms with Crippen molar-refractivity contribution in [3.05, 3.63) is 27.7 Å². The first-order valence-electron chi connectivity index (χ1n) is 6.42. The quantitative estimate of drug-likeness (QED) is 0.884. The highest BCUT2D eigenvalue weighted by molar-refractivity contribution is 7.89. The van der Waals surface area contributed by atoms with Gasteiger partial charge in [-0.05, 0) is 32.4 Å². The number of amides is 1. The first kappa shape index (κ1) is 18.2. The van der Waals surface area contributed by atoms with E-state index >= 15 is 0 Å². The molecule has 0 bridgehead atoms. The van der Waals surface area contributed by atoms with Crippen molar-refractivity contribution in [1.29, 1.82) is 0 Å². The molecule has 118 valence electrons. The van der Waals surface area contributed by atoms with Crippen LogP contribution in [0.1, 0.15) is 37.6 Å². The zero-order valence-corrected chi connectivity index (χ0v) is 14.4. The minimum absolute atomic E-state index is 0.0397. The number of rotatable bonds is 5. The van der Waals surface area contributed by atoms with Gasteiger partial charge in [0, 0.05) is 12.6 Å². The van der Waals surface area contributed by atoms with Crippen molar-refractivity contribution in [2.45, 2.75) is 38.1 Å². The average molecular weight is 353 g/mol. The van der Waals surface area contributed by atoms with Gasteiger partial charge in [-0.1, -0.05) is 30.1 Å². The van der Waals surface area contributed by atoms with Crippen LogP contribution in [0.2, 0.25) is 10.0 Å². The van der Waals surface area contributed by atoms with Gasteiger partial charge >= 0.3 is 0 Å². The number of carbonyl (C=O) groups excluding carboxylic acids is 1. The normalized spacial score (nSPS) is 11.8. The highest BCUT2D eigenvalue weighted by Gasteiger charge is 2.24. The summed E-state index contributed by atoms with van der Waals surface area (Å²) in [5.74, 6) is -0.349. The monoisotopic (exact) mass is 352 g/mol. The molecule has 0 unspecified atom stereocenters. The Hall–Kier alpha value is -0.820. The summed E-state index contributed by atoms with van der Waals surface area (Å²) in [5.41, 5.74) is 0.0761. The number of sulfonamides is 1. The molecule has 1 amide bonds. The molecule has 0 aliphatic carbocycles. The van der Waals surface area contributed by atoms with E-state index in [1.807, 2.05) is 20.8 Å². The van der Waals surface area contributed by atoms with Gasteiger partial charge in [0.25, 0.3) is 5.91 Å². The number of primary sulfonamides is 1. The molecule has 1 aromatic carbocycles.